The third kappa shape index (κ3) is 6.71. The minimum Gasteiger partial charge on any atom is -0.480 e. The van der Waals surface area contributed by atoms with Gasteiger partial charge in [-0.15, -0.1) is 11.3 Å². The molecule has 1 heterocycles. The topological polar surface area (TPSA) is 148 Å². The van der Waals surface area contributed by atoms with Gasteiger partial charge in [-0.1, -0.05) is 44.2 Å². The van der Waals surface area contributed by atoms with E-state index >= 15 is 0 Å². The summed E-state index contributed by atoms with van der Waals surface area (Å²) < 4.78 is 0. The number of rotatable bonds is 10. The number of nitrogens with two attached hydrogens (primary N) is 2. The number of anilines is 1. The van der Waals surface area contributed by atoms with Crippen LogP contribution in [-0.2, 0) is 4.79 Å². The first-order valence-corrected chi connectivity index (χ1v) is 10.2. The number of urea groups is 1. The first-order chi connectivity index (χ1) is 14.2. The average Bonchev–Trinajstić information content (AvgIpc) is 3.07. The number of amides is 3. The van der Waals surface area contributed by atoms with Crippen LogP contribution < -0.4 is 22.1 Å². The minimum atomic E-state index is -0.859. The first kappa shape index (κ1) is 23.1. The monoisotopic (exact) mass is 430 g/mol. The Morgan fingerprint density at radius 3 is 2.53 bits per heavy atom. The summed E-state index contributed by atoms with van der Waals surface area (Å²) in [5.41, 5.74) is 12.5. The van der Waals surface area contributed by atoms with Crippen LogP contribution in [0.25, 0.3) is 16.5 Å². The Labute approximate surface area is 179 Å². The molecule has 0 saturated heterocycles. The third-order valence-corrected chi connectivity index (χ3v) is 5.30. The molecule has 0 fully saturated rings. The fourth-order valence-corrected chi connectivity index (χ4v) is 3.93. The number of primary amides is 2. The highest BCUT2D eigenvalue weighted by atomic mass is 32.1. The molecule has 0 aliphatic rings. The summed E-state index contributed by atoms with van der Waals surface area (Å²) in [6.45, 7) is 4.39. The van der Waals surface area contributed by atoms with Crippen LogP contribution in [0.1, 0.15) is 36.2 Å². The average molecular weight is 431 g/mol. The molecule has 7 N–H and O–H groups in total. The molecule has 160 valence electrons. The molecule has 30 heavy (non-hydrogen) atoms. The van der Waals surface area contributed by atoms with Crippen LogP contribution in [0, 0.1) is 5.92 Å². The van der Waals surface area contributed by atoms with E-state index in [0.29, 0.717) is 18.0 Å². The molecule has 9 heteroatoms. The van der Waals surface area contributed by atoms with E-state index in [1.165, 1.54) is 11.3 Å². The van der Waals surface area contributed by atoms with E-state index in [4.69, 9.17) is 11.5 Å². The molecule has 3 amide bonds. The lowest BCUT2D eigenvalue weighted by Crippen LogP contribution is -2.37. The summed E-state index contributed by atoms with van der Waals surface area (Å²) in [6.07, 6.45) is 4.30. The highest BCUT2D eigenvalue weighted by Crippen LogP contribution is 2.35. The predicted molar refractivity (Wildman–Crippen MR) is 119 cm³/mol. The second-order valence-electron chi connectivity index (χ2n) is 7.16. The van der Waals surface area contributed by atoms with E-state index in [1.807, 2.05) is 50.3 Å². The molecule has 0 radical (unpaired) electrons. The summed E-state index contributed by atoms with van der Waals surface area (Å²) >= 11 is 1.20. The first-order valence-electron chi connectivity index (χ1n) is 9.40. The van der Waals surface area contributed by atoms with Gasteiger partial charge in [0.05, 0.1) is 5.56 Å². The zero-order chi connectivity index (χ0) is 22.3. The second-order valence-corrected chi connectivity index (χ2v) is 8.22. The van der Waals surface area contributed by atoms with Crippen LogP contribution in [0.15, 0.2) is 36.4 Å². The second kappa shape index (κ2) is 10.6. The van der Waals surface area contributed by atoms with Gasteiger partial charge in [0.1, 0.15) is 11.0 Å². The minimum absolute atomic E-state index is 0.198. The predicted octanol–water partition coefficient (Wildman–Crippen LogP) is 3.11. The molecule has 1 aromatic carbocycles. The number of hydrogen-bond donors (Lipinski definition) is 5. The van der Waals surface area contributed by atoms with Crippen LogP contribution in [-0.4, -0.2) is 35.6 Å². The maximum atomic E-state index is 11.6. The Morgan fingerprint density at radius 2 is 1.93 bits per heavy atom. The summed E-state index contributed by atoms with van der Waals surface area (Å²) in [4.78, 5) is 34.8. The third-order valence-electron chi connectivity index (χ3n) is 4.20. The molecule has 0 spiro atoms. The number of thiophene rings is 1. The van der Waals surface area contributed by atoms with Gasteiger partial charge >= 0.3 is 12.0 Å². The molecular weight excluding hydrogens is 404 g/mol. The summed E-state index contributed by atoms with van der Waals surface area (Å²) in [5.74, 6) is -1.23. The summed E-state index contributed by atoms with van der Waals surface area (Å²) in [5, 5.41) is 15.0. The van der Waals surface area contributed by atoms with Gasteiger partial charge in [0.15, 0.2) is 0 Å². The molecule has 2 rings (SSSR count). The summed E-state index contributed by atoms with van der Waals surface area (Å²) in [7, 11) is 0. The Balaban J connectivity index is 2.13. The van der Waals surface area contributed by atoms with Crippen molar-refractivity contribution in [3.63, 3.8) is 0 Å². The molecule has 0 unspecified atom stereocenters. The van der Waals surface area contributed by atoms with E-state index in [-0.39, 0.29) is 11.5 Å². The van der Waals surface area contributed by atoms with Crippen LogP contribution in [0.4, 0.5) is 9.80 Å². The van der Waals surface area contributed by atoms with E-state index in [0.717, 1.165) is 16.0 Å². The van der Waals surface area contributed by atoms with Gasteiger partial charge in [-0.2, -0.15) is 0 Å². The number of carboxylic acid groups (broad SMARTS) is 1. The van der Waals surface area contributed by atoms with Gasteiger partial charge in [-0.05, 0) is 35.6 Å². The standard InChI is InChI=1S/C21H26N4O4S/c1-12(2)9-16(20(27)28)24-8-4-6-13-5-3-7-14(10-13)17-11-15(18(22)26)19(30-17)25-21(23)29/h3-7,10-12,16,24H,8-9H2,1-2H3,(H2,22,26)(H,27,28)(H3,23,25,29)/t16-/m0/s1. The van der Waals surface area contributed by atoms with Crippen molar-refractivity contribution in [2.24, 2.45) is 17.4 Å². The Kier molecular flexibility index (Phi) is 8.14. The lowest BCUT2D eigenvalue weighted by atomic mass is 10.0. The van der Waals surface area contributed by atoms with E-state index < -0.39 is 23.9 Å². The van der Waals surface area contributed by atoms with Gasteiger partial charge in [0.2, 0.25) is 0 Å². The molecule has 0 aliphatic heterocycles. The molecular formula is C21H26N4O4S. The number of benzene rings is 1. The van der Waals surface area contributed by atoms with Crippen molar-refractivity contribution in [3.05, 3.63) is 47.5 Å². The van der Waals surface area contributed by atoms with Gasteiger partial charge in [0.25, 0.3) is 5.91 Å². The van der Waals surface area contributed by atoms with Crippen molar-refractivity contribution in [1.29, 1.82) is 0 Å². The highest BCUT2D eigenvalue weighted by molar-refractivity contribution is 7.20. The Hall–Kier alpha value is -3.17. The molecule has 1 aromatic heterocycles. The largest absolute Gasteiger partial charge is 0.480 e. The normalized spacial score (nSPS) is 12.2. The lowest BCUT2D eigenvalue weighted by Gasteiger charge is -2.15. The van der Waals surface area contributed by atoms with Crippen LogP contribution >= 0.6 is 11.3 Å². The Bertz CT molecular complexity index is 952. The van der Waals surface area contributed by atoms with Gasteiger partial charge in [-0.3, -0.25) is 14.9 Å². The van der Waals surface area contributed by atoms with Crippen molar-refractivity contribution in [3.8, 4) is 10.4 Å². The van der Waals surface area contributed by atoms with Crippen LogP contribution in [0.2, 0.25) is 0 Å². The van der Waals surface area contributed by atoms with Gasteiger partial charge in [-0.25, -0.2) is 4.79 Å². The highest BCUT2D eigenvalue weighted by Gasteiger charge is 2.17. The zero-order valence-electron chi connectivity index (χ0n) is 16.8. The molecule has 2 aromatic rings. The fraction of sp³-hybridized carbons (Fsp3) is 0.286. The van der Waals surface area contributed by atoms with Crippen molar-refractivity contribution in [1.82, 2.24) is 5.32 Å². The van der Waals surface area contributed by atoms with Crippen molar-refractivity contribution < 1.29 is 19.5 Å². The maximum Gasteiger partial charge on any atom is 0.320 e. The van der Waals surface area contributed by atoms with E-state index in [2.05, 4.69) is 10.6 Å². The lowest BCUT2D eigenvalue weighted by molar-refractivity contribution is -0.139. The molecule has 0 aliphatic carbocycles. The molecule has 0 bridgehead atoms. The number of carbonyl (C=O) groups is 3. The number of carboxylic acids is 1. The maximum absolute atomic E-state index is 11.6. The zero-order valence-corrected chi connectivity index (χ0v) is 17.7. The van der Waals surface area contributed by atoms with Crippen molar-refractivity contribution in [2.75, 3.05) is 11.9 Å². The van der Waals surface area contributed by atoms with Crippen molar-refractivity contribution in [2.45, 2.75) is 26.3 Å². The Morgan fingerprint density at radius 1 is 1.20 bits per heavy atom. The molecule has 1 atom stereocenters. The van der Waals surface area contributed by atoms with Gasteiger partial charge < -0.3 is 21.9 Å². The number of nitrogens with one attached hydrogen (secondary N) is 2. The van der Waals surface area contributed by atoms with E-state index in [1.54, 1.807) is 6.07 Å². The van der Waals surface area contributed by atoms with Crippen LogP contribution in [0.5, 0.6) is 0 Å². The summed E-state index contributed by atoms with van der Waals surface area (Å²) in [6, 6.07) is 7.84. The number of carbonyl (C=O) groups excluding carboxylic acids is 2. The van der Waals surface area contributed by atoms with E-state index in [9.17, 15) is 19.5 Å². The molecule has 0 saturated carbocycles. The number of aliphatic carboxylic acids is 1. The van der Waals surface area contributed by atoms with Crippen molar-refractivity contribution >= 4 is 40.3 Å². The van der Waals surface area contributed by atoms with Crippen LogP contribution in [0.3, 0.4) is 0 Å². The number of hydrogen-bond acceptors (Lipinski definition) is 5. The quantitative estimate of drug-likeness (QED) is 0.393. The SMILES string of the molecule is CC(C)C[C@H](NCC=Cc1cccc(-c2cc(C(N)=O)c(NC(N)=O)s2)c1)C(=O)O. The fourth-order valence-electron chi connectivity index (χ4n) is 2.86. The smallest absolute Gasteiger partial charge is 0.320 e. The molecule has 8 nitrogen and oxygen atoms in total. The van der Waals surface area contributed by atoms with Gasteiger partial charge in [0, 0.05) is 11.4 Å².